The van der Waals surface area contributed by atoms with Gasteiger partial charge in [0.1, 0.15) is 18.2 Å². The maximum atomic E-state index is 9.20. The molecule has 0 atom stereocenters. The fourth-order valence-electron chi connectivity index (χ4n) is 5.56. The Morgan fingerprint density at radius 2 is 1.74 bits per heavy atom. The molecule has 2 heterocycles. The summed E-state index contributed by atoms with van der Waals surface area (Å²) >= 11 is 0. The number of benzene rings is 3. The topological polar surface area (TPSA) is 17.0 Å². The van der Waals surface area contributed by atoms with Crippen molar-refractivity contribution in [1.29, 1.82) is 0 Å². The second-order valence-corrected chi connectivity index (χ2v) is 10.9. The average Bonchev–Trinajstić information content (AvgIpc) is 3.19. The third-order valence-corrected chi connectivity index (χ3v) is 7.80. The van der Waals surface area contributed by atoms with Gasteiger partial charge in [0.25, 0.3) is 0 Å². The lowest BCUT2D eigenvalue weighted by molar-refractivity contribution is -0.659. The molecule has 0 bridgehead atoms. The Balaban J connectivity index is 1.43. The molecule has 2 nitrogen and oxygen atoms in total. The lowest BCUT2D eigenvalue weighted by Crippen LogP contribution is -2.30. The van der Waals surface area contributed by atoms with E-state index in [1.165, 1.54) is 0 Å². The minimum atomic E-state index is -2.12. The normalized spacial score (nSPS) is 19.6. The van der Waals surface area contributed by atoms with Crippen molar-refractivity contribution in [3.8, 4) is 11.3 Å². The van der Waals surface area contributed by atoms with Crippen LogP contribution in [0, 0.1) is 19.2 Å². The van der Waals surface area contributed by atoms with Crippen molar-refractivity contribution in [3.63, 3.8) is 0 Å². The molecule has 2 heteroatoms. The van der Waals surface area contributed by atoms with Gasteiger partial charge in [-0.25, -0.2) is 4.57 Å². The van der Waals surface area contributed by atoms with Crippen LogP contribution in [0.2, 0.25) is 0 Å². The molecule has 0 aliphatic heterocycles. The number of furan rings is 1. The third-order valence-electron chi connectivity index (χ3n) is 7.80. The molecular weight excluding hydrogens is 414 g/mol. The van der Waals surface area contributed by atoms with Crippen LogP contribution in [0.25, 0.3) is 44.0 Å². The molecule has 34 heavy (non-hydrogen) atoms. The van der Waals surface area contributed by atoms with E-state index in [1.54, 1.807) is 12.1 Å². The van der Waals surface area contributed by atoms with Crippen molar-refractivity contribution < 1.29 is 14.5 Å². The second-order valence-electron chi connectivity index (χ2n) is 10.9. The van der Waals surface area contributed by atoms with Crippen LogP contribution < -0.4 is 4.57 Å². The lowest BCUT2D eigenvalue weighted by atomic mass is 9.71. The Kier molecular flexibility index (Phi) is 3.92. The molecule has 0 radical (unpaired) electrons. The molecule has 1 aliphatic rings. The molecule has 2 aromatic heterocycles. The van der Waals surface area contributed by atoms with Gasteiger partial charge < -0.3 is 4.42 Å². The van der Waals surface area contributed by atoms with Crippen LogP contribution in [0.15, 0.2) is 65.2 Å². The van der Waals surface area contributed by atoms with E-state index in [2.05, 4.69) is 54.9 Å². The fraction of sp³-hybridized carbons (Fsp3) is 0.344. The standard InChI is InChI=1S/C32H34NO/c1-20-6-9-26(21(2)14-20)29-18-31-28(19-33(29)5)27-16-24-8-7-23(15-25(24)17-30(27)34-31)22-10-12-32(3,4)13-11-22/h6-9,14-19,22H,10-13H2,1-5H3/q+1/i1D3,22D. The Labute approximate surface area is 207 Å². The number of rotatable bonds is 2. The predicted molar refractivity (Wildman–Crippen MR) is 142 cm³/mol. The summed E-state index contributed by atoms with van der Waals surface area (Å²) in [6.45, 7) is 4.45. The molecule has 1 fully saturated rings. The lowest BCUT2D eigenvalue weighted by Gasteiger charge is -2.34. The van der Waals surface area contributed by atoms with Gasteiger partial charge in [-0.15, -0.1) is 0 Å². The van der Waals surface area contributed by atoms with E-state index in [0.717, 1.165) is 80.8 Å². The molecule has 1 saturated carbocycles. The molecule has 6 rings (SSSR count). The summed E-state index contributed by atoms with van der Waals surface area (Å²) in [4.78, 5) is 0. The summed E-state index contributed by atoms with van der Waals surface area (Å²) in [5.41, 5.74) is 6.27. The molecule has 1 aliphatic carbocycles. The molecule has 0 N–H and O–H groups in total. The molecular formula is C32H34NO+. The highest BCUT2D eigenvalue weighted by Gasteiger charge is 2.27. The number of hydrogen-bond donors (Lipinski definition) is 0. The van der Waals surface area contributed by atoms with Gasteiger partial charge in [0.2, 0.25) is 5.69 Å². The van der Waals surface area contributed by atoms with Crippen molar-refractivity contribution in [2.75, 3.05) is 0 Å². The van der Waals surface area contributed by atoms with E-state index in [4.69, 9.17) is 8.53 Å². The highest BCUT2D eigenvalue weighted by molar-refractivity contribution is 6.10. The van der Waals surface area contributed by atoms with Crippen LogP contribution in [-0.2, 0) is 7.05 Å². The zero-order valence-corrected chi connectivity index (χ0v) is 20.5. The Hall–Kier alpha value is -3.13. The van der Waals surface area contributed by atoms with E-state index in [9.17, 15) is 1.37 Å². The third kappa shape index (κ3) is 3.60. The average molecular weight is 453 g/mol. The fourth-order valence-corrected chi connectivity index (χ4v) is 5.56. The zero-order valence-electron chi connectivity index (χ0n) is 24.5. The van der Waals surface area contributed by atoms with Crippen molar-refractivity contribution in [2.24, 2.45) is 12.5 Å². The first-order valence-electron chi connectivity index (χ1n) is 14.2. The van der Waals surface area contributed by atoms with Gasteiger partial charge in [0, 0.05) is 16.4 Å². The second kappa shape index (κ2) is 7.70. The Morgan fingerprint density at radius 3 is 2.50 bits per heavy atom. The Morgan fingerprint density at radius 1 is 0.941 bits per heavy atom. The first kappa shape index (κ1) is 17.3. The number of aryl methyl sites for hydroxylation is 3. The van der Waals surface area contributed by atoms with E-state index < -0.39 is 12.7 Å². The van der Waals surface area contributed by atoms with Gasteiger partial charge in [-0.05, 0) is 90.9 Å². The first-order valence-corrected chi connectivity index (χ1v) is 12.2. The monoisotopic (exact) mass is 452 g/mol. The number of hydrogen-bond acceptors (Lipinski definition) is 1. The largest absolute Gasteiger partial charge is 0.456 e. The van der Waals surface area contributed by atoms with Crippen LogP contribution in [0.5, 0.6) is 0 Å². The van der Waals surface area contributed by atoms with Gasteiger partial charge in [-0.3, -0.25) is 0 Å². The first-order chi connectivity index (χ1) is 17.8. The summed E-state index contributed by atoms with van der Waals surface area (Å²) in [5, 5.41) is 4.36. The molecule has 5 aromatic rings. The minimum absolute atomic E-state index is 0.326. The molecule has 0 saturated heterocycles. The SMILES string of the molecule is [2H]C([2H])([2H])c1ccc(-c2cc3oc4cc5cc(C6([2H])CCC(C)(C)CC6)ccc5cc4c3c[n+]2C)c(C)c1. The van der Waals surface area contributed by atoms with E-state index in [1.807, 2.05) is 26.1 Å². The van der Waals surface area contributed by atoms with Gasteiger partial charge >= 0.3 is 0 Å². The van der Waals surface area contributed by atoms with Crippen molar-refractivity contribution in [1.82, 2.24) is 0 Å². The van der Waals surface area contributed by atoms with Crippen molar-refractivity contribution >= 4 is 32.7 Å². The minimum Gasteiger partial charge on any atom is -0.456 e. The van der Waals surface area contributed by atoms with E-state index >= 15 is 0 Å². The quantitative estimate of drug-likeness (QED) is 0.245. The summed E-state index contributed by atoms with van der Waals surface area (Å²) in [5.74, 6) is -0.526. The predicted octanol–water partition coefficient (Wildman–Crippen LogP) is 8.53. The zero-order chi connectivity index (χ0) is 27.0. The smallest absolute Gasteiger partial charge is 0.216 e. The maximum Gasteiger partial charge on any atom is 0.216 e. The highest BCUT2D eigenvalue weighted by Crippen LogP contribution is 2.43. The molecule has 0 amide bonds. The molecule has 172 valence electrons. The van der Waals surface area contributed by atoms with Crippen molar-refractivity contribution in [3.05, 3.63) is 77.5 Å². The van der Waals surface area contributed by atoms with Gasteiger partial charge in [-0.1, -0.05) is 49.7 Å². The Bertz CT molecular complexity index is 1720. The van der Waals surface area contributed by atoms with Crippen LogP contribution in [0.3, 0.4) is 0 Å². The molecule has 0 spiro atoms. The van der Waals surface area contributed by atoms with Gasteiger partial charge in [0.15, 0.2) is 6.20 Å². The van der Waals surface area contributed by atoms with Crippen LogP contribution in [0.4, 0.5) is 0 Å². The summed E-state index contributed by atoms with van der Waals surface area (Å²) in [6.07, 6.45) is 6.04. The number of pyridine rings is 1. The summed E-state index contributed by atoms with van der Waals surface area (Å²) in [7, 11) is 2.01. The molecule has 0 unspecified atom stereocenters. The number of nitrogens with zero attached hydrogens (tertiary/aromatic N) is 1. The van der Waals surface area contributed by atoms with Gasteiger partial charge in [0.05, 0.1) is 11.5 Å². The number of aromatic nitrogens is 1. The van der Waals surface area contributed by atoms with Crippen molar-refractivity contribution in [2.45, 2.75) is 59.2 Å². The summed E-state index contributed by atoms with van der Waals surface area (Å²) < 4.78 is 40.8. The number of fused-ring (bicyclic) bond motifs is 4. The van der Waals surface area contributed by atoms with E-state index in [0.29, 0.717) is 11.0 Å². The van der Waals surface area contributed by atoms with Gasteiger partial charge in [-0.2, -0.15) is 0 Å². The summed E-state index contributed by atoms with van der Waals surface area (Å²) in [6, 6.07) is 18.2. The highest BCUT2D eigenvalue weighted by atomic mass is 16.3. The molecule has 3 aromatic carbocycles. The van der Waals surface area contributed by atoms with Crippen LogP contribution >= 0.6 is 0 Å². The maximum absolute atomic E-state index is 9.20. The van der Waals surface area contributed by atoms with E-state index in [-0.39, 0.29) is 0 Å². The van der Waals surface area contributed by atoms with Crippen LogP contribution in [0.1, 0.15) is 67.6 Å². The van der Waals surface area contributed by atoms with Crippen LogP contribution in [-0.4, -0.2) is 0 Å².